The predicted octanol–water partition coefficient (Wildman–Crippen LogP) is 5.53. The number of hydrogen-bond acceptors (Lipinski definition) is 7. The normalized spacial score (nSPS) is 10.9. The van der Waals surface area contributed by atoms with E-state index >= 15 is 0 Å². The quantitative estimate of drug-likeness (QED) is 0.353. The number of anilines is 1. The third-order valence-electron chi connectivity index (χ3n) is 4.70. The Morgan fingerprint density at radius 2 is 1.90 bits per heavy atom. The Morgan fingerprint density at radius 3 is 2.61 bits per heavy atom. The number of nitrogens with one attached hydrogen (secondary N) is 1. The number of esters is 1. The molecule has 0 aliphatic heterocycles. The van der Waals surface area contributed by atoms with E-state index in [-0.39, 0.29) is 18.3 Å². The second kappa shape index (κ2) is 10.2. The molecule has 1 aromatic carbocycles. The summed E-state index contributed by atoms with van der Waals surface area (Å²) in [4.78, 5) is 30.6. The lowest BCUT2D eigenvalue weighted by Crippen LogP contribution is -2.16. The fraction of sp³-hybridized carbons (Fsp3) is 0.348. The van der Waals surface area contributed by atoms with Crippen molar-refractivity contribution in [3.63, 3.8) is 0 Å². The maximum absolute atomic E-state index is 12.6. The number of thiophene rings is 1. The van der Waals surface area contributed by atoms with Crippen LogP contribution in [0.1, 0.15) is 40.2 Å². The van der Waals surface area contributed by atoms with Crippen molar-refractivity contribution in [3.05, 3.63) is 45.8 Å². The molecule has 0 bridgehead atoms. The van der Waals surface area contributed by atoms with Crippen molar-refractivity contribution in [1.82, 2.24) is 4.98 Å². The second-order valence-electron chi connectivity index (χ2n) is 6.94. The van der Waals surface area contributed by atoms with Gasteiger partial charge >= 0.3 is 5.97 Å². The summed E-state index contributed by atoms with van der Waals surface area (Å²) >= 11 is 2.76. The maximum Gasteiger partial charge on any atom is 0.341 e. The molecule has 2 heterocycles. The van der Waals surface area contributed by atoms with E-state index in [4.69, 9.17) is 14.5 Å². The summed E-state index contributed by atoms with van der Waals surface area (Å²) in [6, 6.07) is 7.84. The smallest absolute Gasteiger partial charge is 0.341 e. The van der Waals surface area contributed by atoms with Crippen LogP contribution >= 0.6 is 23.1 Å². The van der Waals surface area contributed by atoms with E-state index in [1.807, 2.05) is 45.9 Å². The van der Waals surface area contributed by atoms with Crippen LogP contribution in [0.3, 0.4) is 0 Å². The van der Waals surface area contributed by atoms with Crippen LogP contribution in [0.4, 0.5) is 5.00 Å². The number of carbonyl (C=O) groups excluding carboxylic acids is 2. The van der Waals surface area contributed by atoms with Crippen LogP contribution in [-0.2, 0) is 9.53 Å². The molecule has 3 aromatic rings. The second-order valence-corrected chi connectivity index (χ2v) is 9.13. The van der Waals surface area contributed by atoms with Crippen LogP contribution in [0, 0.1) is 20.8 Å². The molecular formula is C23H26N2O4S2. The van der Waals surface area contributed by atoms with Crippen LogP contribution in [-0.4, -0.2) is 35.8 Å². The Labute approximate surface area is 190 Å². The third kappa shape index (κ3) is 5.37. The van der Waals surface area contributed by atoms with Gasteiger partial charge in [-0.05, 0) is 70.0 Å². The molecule has 0 radical (unpaired) electrons. The van der Waals surface area contributed by atoms with Crippen molar-refractivity contribution in [2.75, 3.05) is 24.3 Å². The largest absolute Gasteiger partial charge is 0.494 e. The topological polar surface area (TPSA) is 77.5 Å². The Kier molecular flexibility index (Phi) is 7.56. The number of carbonyl (C=O) groups is 2. The first-order chi connectivity index (χ1) is 14.8. The zero-order chi connectivity index (χ0) is 22.5. The van der Waals surface area contributed by atoms with Crippen LogP contribution in [0.2, 0.25) is 0 Å². The number of aromatic nitrogens is 1. The van der Waals surface area contributed by atoms with E-state index in [1.54, 1.807) is 6.92 Å². The average Bonchev–Trinajstić information content (AvgIpc) is 3.00. The molecule has 2 aromatic heterocycles. The molecule has 0 atom stereocenters. The van der Waals surface area contributed by atoms with Gasteiger partial charge in [-0.2, -0.15) is 0 Å². The van der Waals surface area contributed by atoms with E-state index in [2.05, 4.69) is 11.4 Å². The van der Waals surface area contributed by atoms with Gasteiger partial charge in [0.15, 0.2) is 0 Å². The highest BCUT2D eigenvalue weighted by molar-refractivity contribution is 8.00. The van der Waals surface area contributed by atoms with Crippen molar-refractivity contribution in [2.24, 2.45) is 0 Å². The summed E-state index contributed by atoms with van der Waals surface area (Å²) in [5.41, 5.74) is 3.12. The van der Waals surface area contributed by atoms with Crippen LogP contribution in [0.15, 0.2) is 29.3 Å². The Bertz CT molecular complexity index is 1120. The number of rotatable bonds is 8. The number of benzene rings is 1. The molecule has 31 heavy (non-hydrogen) atoms. The first-order valence-corrected chi connectivity index (χ1v) is 11.9. The van der Waals surface area contributed by atoms with Crippen LogP contribution in [0.5, 0.6) is 5.75 Å². The SMILES string of the molecule is CCOC(=O)c1c(NC(=O)CSc2nc3ccc(OCC)cc3cc2C)sc(C)c1C. The zero-order valence-electron chi connectivity index (χ0n) is 18.3. The number of thioether (sulfide) groups is 1. The van der Waals surface area contributed by atoms with Crippen LogP contribution < -0.4 is 10.1 Å². The Morgan fingerprint density at radius 1 is 1.13 bits per heavy atom. The summed E-state index contributed by atoms with van der Waals surface area (Å²) in [7, 11) is 0. The van der Waals surface area contributed by atoms with Gasteiger partial charge < -0.3 is 14.8 Å². The molecule has 0 spiro atoms. The molecule has 164 valence electrons. The lowest BCUT2D eigenvalue weighted by molar-refractivity contribution is -0.113. The maximum atomic E-state index is 12.6. The summed E-state index contributed by atoms with van der Waals surface area (Å²) < 4.78 is 10.7. The highest BCUT2D eigenvalue weighted by atomic mass is 32.2. The number of nitrogens with zero attached hydrogens (tertiary/aromatic N) is 1. The first-order valence-electron chi connectivity index (χ1n) is 10.1. The number of fused-ring (bicyclic) bond motifs is 1. The average molecular weight is 459 g/mol. The lowest BCUT2D eigenvalue weighted by Gasteiger charge is -2.10. The summed E-state index contributed by atoms with van der Waals surface area (Å²) in [6.07, 6.45) is 0. The number of pyridine rings is 1. The highest BCUT2D eigenvalue weighted by Gasteiger charge is 2.22. The number of amides is 1. The van der Waals surface area contributed by atoms with Crippen LogP contribution in [0.25, 0.3) is 10.9 Å². The van der Waals surface area contributed by atoms with E-state index in [0.29, 0.717) is 17.2 Å². The molecule has 8 heteroatoms. The Hall–Kier alpha value is -2.58. The zero-order valence-corrected chi connectivity index (χ0v) is 20.0. The van der Waals surface area contributed by atoms with Gasteiger partial charge in [0, 0.05) is 10.3 Å². The summed E-state index contributed by atoms with van der Waals surface area (Å²) in [6.45, 7) is 10.4. The number of hydrogen-bond donors (Lipinski definition) is 1. The van der Waals surface area contributed by atoms with E-state index < -0.39 is 5.97 Å². The van der Waals surface area contributed by atoms with E-state index in [0.717, 1.165) is 37.7 Å². The van der Waals surface area contributed by atoms with Gasteiger partial charge in [0.25, 0.3) is 0 Å². The van der Waals surface area contributed by atoms with Gasteiger partial charge in [-0.1, -0.05) is 11.8 Å². The fourth-order valence-corrected chi connectivity index (χ4v) is 4.96. The molecule has 0 unspecified atom stereocenters. The van der Waals surface area contributed by atoms with Gasteiger partial charge in [-0.15, -0.1) is 11.3 Å². The molecule has 0 saturated carbocycles. The van der Waals surface area contributed by atoms with E-state index in [1.165, 1.54) is 23.1 Å². The summed E-state index contributed by atoms with van der Waals surface area (Å²) in [5.74, 6) is 0.403. The van der Waals surface area contributed by atoms with Gasteiger partial charge in [0.05, 0.1) is 30.0 Å². The monoisotopic (exact) mass is 458 g/mol. The van der Waals surface area contributed by atoms with Gasteiger partial charge in [-0.3, -0.25) is 4.79 Å². The van der Waals surface area contributed by atoms with Crippen molar-refractivity contribution >= 4 is 50.9 Å². The van der Waals surface area contributed by atoms with Crippen molar-refractivity contribution in [1.29, 1.82) is 0 Å². The highest BCUT2D eigenvalue weighted by Crippen LogP contribution is 2.33. The molecule has 1 N–H and O–H groups in total. The molecule has 1 amide bonds. The third-order valence-corrected chi connectivity index (χ3v) is 6.92. The van der Waals surface area contributed by atoms with E-state index in [9.17, 15) is 9.59 Å². The van der Waals surface area contributed by atoms with Gasteiger partial charge in [0.1, 0.15) is 15.8 Å². The molecule has 6 nitrogen and oxygen atoms in total. The first kappa shape index (κ1) is 23.1. The molecule has 0 saturated heterocycles. The van der Waals surface area contributed by atoms with Crippen molar-refractivity contribution < 1.29 is 19.1 Å². The minimum atomic E-state index is -0.411. The van der Waals surface area contributed by atoms with Gasteiger partial charge in [0.2, 0.25) is 5.91 Å². The minimum Gasteiger partial charge on any atom is -0.494 e. The fourth-order valence-electron chi connectivity index (χ4n) is 3.11. The molecule has 3 rings (SSSR count). The predicted molar refractivity (Wildman–Crippen MR) is 127 cm³/mol. The van der Waals surface area contributed by atoms with Gasteiger partial charge in [-0.25, -0.2) is 9.78 Å². The molecular weight excluding hydrogens is 432 g/mol. The molecule has 0 aliphatic rings. The van der Waals surface area contributed by atoms with Crippen molar-refractivity contribution in [3.8, 4) is 5.75 Å². The number of aryl methyl sites for hydroxylation is 2. The number of ether oxygens (including phenoxy) is 2. The summed E-state index contributed by atoms with van der Waals surface area (Å²) in [5, 5.41) is 5.21. The lowest BCUT2D eigenvalue weighted by atomic mass is 10.1. The Balaban J connectivity index is 1.72. The molecule has 0 aliphatic carbocycles. The molecule has 0 fully saturated rings. The standard InChI is InChI=1S/C23H26N2O4S2/c1-6-28-17-8-9-18-16(11-17)10-13(3)21(24-18)30-12-19(26)25-22-20(23(27)29-7-2)14(4)15(5)31-22/h8-11H,6-7,12H2,1-5H3,(H,25,26). The van der Waals surface area contributed by atoms with Crippen molar-refractivity contribution in [2.45, 2.75) is 39.6 Å². The minimum absolute atomic E-state index is 0.189.